The Kier molecular flexibility index (Phi) is 2.30. The minimum Gasteiger partial charge on any atom is -0.384 e. The molecule has 2 aromatic heterocycles. The van der Waals surface area contributed by atoms with Gasteiger partial charge in [-0.3, -0.25) is 4.68 Å². The van der Waals surface area contributed by atoms with Gasteiger partial charge in [-0.25, -0.2) is 4.98 Å². The predicted octanol–water partition coefficient (Wildman–Crippen LogP) is 2.53. The lowest BCUT2D eigenvalue weighted by Gasteiger charge is -2.05. The van der Waals surface area contributed by atoms with Crippen molar-refractivity contribution in [3.05, 3.63) is 42.4 Å². The molecule has 0 radical (unpaired) electrons. The molecule has 0 aliphatic rings. The van der Waals surface area contributed by atoms with Gasteiger partial charge in [0.25, 0.3) is 0 Å². The minimum absolute atomic E-state index is 0.559. The van der Waals surface area contributed by atoms with Crippen LogP contribution in [0, 0.1) is 6.92 Å². The number of benzene rings is 1. The number of nitrogen functional groups attached to an aromatic ring is 1. The molecule has 0 aliphatic carbocycles. The molecule has 0 atom stereocenters. The second kappa shape index (κ2) is 3.84. The summed E-state index contributed by atoms with van der Waals surface area (Å²) in [4.78, 5) is 4.27. The quantitative estimate of drug-likeness (QED) is 0.708. The highest BCUT2D eigenvalue weighted by Gasteiger charge is 2.05. The lowest BCUT2D eigenvalue weighted by Crippen LogP contribution is -1.93. The Hall–Kier alpha value is -2.36. The first-order valence-electron chi connectivity index (χ1n) is 5.79. The predicted molar refractivity (Wildman–Crippen MR) is 73.1 cm³/mol. The largest absolute Gasteiger partial charge is 0.384 e. The van der Waals surface area contributed by atoms with Gasteiger partial charge in [0.2, 0.25) is 0 Å². The summed E-state index contributed by atoms with van der Waals surface area (Å²) in [7, 11) is 1.91. The molecule has 2 N–H and O–H groups in total. The zero-order valence-corrected chi connectivity index (χ0v) is 10.4. The lowest BCUT2D eigenvalue weighted by molar-refractivity contribution is 0.768. The van der Waals surface area contributed by atoms with E-state index in [4.69, 9.17) is 5.73 Å². The summed E-state index contributed by atoms with van der Waals surface area (Å²) < 4.78 is 1.80. The SMILES string of the molecule is Cc1nc(N)cc2cc(-c3cnn(C)c3)ccc12. The summed E-state index contributed by atoms with van der Waals surface area (Å²) in [6, 6.07) is 8.20. The van der Waals surface area contributed by atoms with Crippen LogP contribution in [0.15, 0.2) is 36.7 Å². The van der Waals surface area contributed by atoms with Gasteiger partial charge in [-0.05, 0) is 30.0 Å². The molecular weight excluding hydrogens is 224 g/mol. The van der Waals surface area contributed by atoms with Gasteiger partial charge in [-0.15, -0.1) is 0 Å². The summed E-state index contributed by atoms with van der Waals surface area (Å²) in [6.07, 6.45) is 3.86. The summed E-state index contributed by atoms with van der Waals surface area (Å²) in [5, 5.41) is 6.44. The molecule has 3 aromatic rings. The van der Waals surface area contributed by atoms with Crippen LogP contribution in [0.4, 0.5) is 5.82 Å². The molecule has 0 unspecified atom stereocenters. The monoisotopic (exact) mass is 238 g/mol. The molecule has 0 bridgehead atoms. The third kappa shape index (κ3) is 1.72. The van der Waals surface area contributed by atoms with Crippen LogP contribution in [0.1, 0.15) is 5.69 Å². The van der Waals surface area contributed by atoms with E-state index >= 15 is 0 Å². The molecule has 90 valence electrons. The molecule has 0 amide bonds. The van der Waals surface area contributed by atoms with E-state index in [0.29, 0.717) is 5.82 Å². The molecule has 0 spiro atoms. The maximum absolute atomic E-state index is 5.79. The molecule has 0 aliphatic heterocycles. The molecule has 1 aromatic carbocycles. The number of aromatic nitrogens is 3. The van der Waals surface area contributed by atoms with Gasteiger partial charge in [0.1, 0.15) is 5.82 Å². The number of anilines is 1. The van der Waals surface area contributed by atoms with Crippen molar-refractivity contribution in [3.8, 4) is 11.1 Å². The second-order valence-corrected chi connectivity index (χ2v) is 4.47. The minimum atomic E-state index is 0.559. The van der Waals surface area contributed by atoms with Crippen LogP contribution in [-0.2, 0) is 7.05 Å². The first-order valence-corrected chi connectivity index (χ1v) is 5.79. The Morgan fingerprint density at radius 1 is 1.17 bits per heavy atom. The van der Waals surface area contributed by atoms with Gasteiger partial charge in [0, 0.05) is 29.9 Å². The molecule has 3 rings (SSSR count). The highest BCUT2D eigenvalue weighted by atomic mass is 15.2. The molecule has 0 saturated carbocycles. The lowest BCUT2D eigenvalue weighted by atomic mass is 10.0. The van der Waals surface area contributed by atoms with E-state index in [1.807, 2.05) is 32.4 Å². The number of aryl methyl sites for hydroxylation is 2. The Labute approximate surface area is 105 Å². The van der Waals surface area contributed by atoms with E-state index in [2.05, 4.69) is 28.3 Å². The average molecular weight is 238 g/mol. The van der Waals surface area contributed by atoms with Crippen molar-refractivity contribution in [2.45, 2.75) is 6.92 Å². The molecule has 4 heteroatoms. The van der Waals surface area contributed by atoms with Crippen molar-refractivity contribution >= 4 is 16.6 Å². The maximum Gasteiger partial charge on any atom is 0.124 e. The smallest absolute Gasteiger partial charge is 0.124 e. The first-order chi connectivity index (χ1) is 8.63. The first kappa shape index (κ1) is 10.8. The van der Waals surface area contributed by atoms with E-state index in [1.54, 1.807) is 4.68 Å². The van der Waals surface area contributed by atoms with Gasteiger partial charge in [0.05, 0.1) is 6.20 Å². The fraction of sp³-hybridized carbons (Fsp3) is 0.143. The Morgan fingerprint density at radius 3 is 2.72 bits per heavy atom. The normalized spacial score (nSPS) is 11.0. The van der Waals surface area contributed by atoms with Crippen LogP contribution in [0.2, 0.25) is 0 Å². The Balaban J connectivity index is 2.22. The van der Waals surface area contributed by atoms with Crippen LogP contribution in [0.5, 0.6) is 0 Å². The average Bonchev–Trinajstić information content (AvgIpc) is 2.75. The molecule has 4 nitrogen and oxygen atoms in total. The highest BCUT2D eigenvalue weighted by molar-refractivity contribution is 5.90. The third-order valence-corrected chi connectivity index (χ3v) is 3.08. The van der Waals surface area contributed by atoms with Crippen molar-refractivity contribution in [1.82, 2.24) is 14.8 Å². The van der Waals surface area contributed by atoms with Gasteiger partial charge < -0.3 is 5.73 Å². The zero-order valence-electron chi connectivity index (χ0n) is 10.4. The van der Waals surface area contributed by atoms with E-state index in [1.165, 1.54) is 0 Å². The van der Waals surface area contributed by atoms with Crippen molar-refractivity contribution in [2.24, 2.45) is 7.05 Å². The topological polar surface area (TPSA) is 56.7 Å². The standard InChI is InChI=1S/C14H14N4/c1-9-13-4-3-10(12-7-16-18(2)8-12)5-11(13)6-14(15)17-9/h3-8H,1-2H3,(H2,15,17). The number of nitrogens with two attached hydrogens (primary N) is 1. The molecule has 0 fully saturated rings. The van der Waals surface area contributed by atoms with E-state index in [-0.39, 0.29) is 0 Å². The van der Waals surface area contributed by atoms with Crippen molar-refractivity contribution < 1.29 is 0 Å². The summed E-state index contributed by atoms with van der Waals surface area (Å²) in [5.74, 6) is 0.559. The van der Waals surface area contributed by atoms with Crippen LogP contribution in [0.25, 0.3) is 21.9 Å². The van der Waals surface area contributed by atoms with Gasteiger partial charge in [0.15, 0.2) is 0 Å². The number of pyridine rings is 1. The van der Waals surface area contributed by atoms with Gasteiger partial charge >= 0.3 is 0 Å². The Bertz CT molecular complexity index is 728. The molecule has 2 heterocycles. The third-order valence-electron chi connectivity index (χ3n) is 3.08. The fourth-order valence-corrected chi connectivity index (χ4v) is 2.21. The number of fused-ring (bicyclic) bond motifs is 1. The van der Waals surface area contributed by atoms with Crippen molar-refractivity contribution in [3.63, 3.8) is 0 Å². The van der Waals surface area contributed by atoms with Gasteiger partial charge in [-0.2, -0.15) is 5.10 Å². The fourth-order valence-electron chi connectivity index (χ4n) is 2.21. The van der Waals surface area contributed by atoms with Crippen molar-refractivity contribution in [1.29, 1.82) is 0 Å². The second-order valence-electron chi connectivity index (χ2n) is 4.47. The van der Waals surface area contributed by atoms with E-state index in [0.717, 1.165) is 27.6 Å². The van der Waals surface area contributed by atoms with Crippen LogP contribution in [-0.4, -0.2) is 14.8 Å². The molecular formula is C14H14N4. The molecule has 18 heavy (non-hydrogen) atoms. The van der Waals surface area contributed by atoms with Gasteiger partial charge in [-0.1, -0.05) is 12.1 Å². The van der Waals surface area contributed by atoms with Crippen LogP contribution >= 0.6 is 0 Å². The van der Waals surface area contributed by atoms with E-state index < -0.39 is 0 Å². The Morgan fingerprint density at radius 2 is 2.00 bits per heavy atom. The summed E-state index contributed by atoms with van der Waals surface area (Å²) in [6.45, 7) is 1.97. The number of rotatable bonds is 1. The number of hydrogen-bond donors (Lipinski definition) is 1. The summed E-state index contributed by atoms with van der Waals surface area (Å²) >= 11 is 0. The van der Waals surface area contributed by atoms with E-state index in [9.17, 15) is 0 Å². The van der Waals surface area contributed by atoms with Crippen LogP contribution < -0.4 is 5.73 Å². The maximum atomic E-state index is 5.79. The summed E-state index contributed by atoms with van der Waals surface area (Å²) in [5.41, 5.74) is 8.99. The molecule has 0 saturated heterocycles. The van der Waals surface area contributed by atoms with Crippen molar-refractivity contribution in [2.75, 3.05) is 5.73 Å². The van der Waals surface area contributed by atoms with Crippen LogP contribution in [0.3, 0.4) is 0 Å². The number of nitrogens with zero attached hydrogens (tertiary/aromatic N) is 3. The zero-order chi connectivity index (χ0) is 12.7. The number of hydrogen-bond acceptors (Lipinski definition) is 3. The highest BCUT2D eigenvalue weighted by Crippen LogP contribution is 2.26.